The van der Waals surface area contributed by atoms with Gasteiger partial charge in [0.2, 0.25) is 0 Å². The van der Waals surface area contributed by atoms with Crippen LogP contribution in [-0.2, 0) is 6.54 Å². The minimum Gasteiger partial charge on any atom is -0.497 e. The van der Waals surface area contributed by atoms with Crippen molar-refractivity contribution in [2.24, 2.45) is 0 Å². The van der Waals surface area contributed by atoms with Gasteiger partial charge >= 0.3 is 6.03 Å². The molecule has 2 N–H and O–H groups in total. The van der Waals surface area contributed by atoms with Crippen molar-refractivity contribution in [3.05, 3.63) is 69.5 Å². The number of anilines is 1. The van der Waals surface area contributed by atoms with Crippen molar-refractivity contribution in [1.29, 1.82) is 0 Å². The summed E-state index contributed by atoms with van der Waals surface area (Å²) in [7, 11) is 1.61. The van der Waals surface area contributed by atoms with Crippen LogP contribution >= 0.6 is 0 Å². The zero-order valence-corrected chi connectivity index (χ0v) is 20.5. The van der Waals surface area contributed by atoms with E-state index in [9.17, 15) is 9.59 Å². The number of ether oxygens (including phenoxy) is 1. The molecule has 2 amide bonds. The van der Waals surface area contributed by atoms with Crippen LogP contribution in [0.2, 0.25) is 0 Å². The zero-order chi connectivity index (χ0) is 24.2. The van der Waals surface area contributed by atoms with Gasteiger partial charge in [0, 0.05) is 34.7 Å². The number of rotatable bonds is 7. The number of hydrogen-bond donors (Lipinski definition) is 2. The number of methoxy groups -OCH3 is 1. The van der Waals surface area contributed by atoms with E-state index >= 15 is 0 Å². The number of urea groups is 1. The fourth-order valence-corrected chi connectivity index (χ4v) is 4.91. The Bertz CT molecular complexity index is 1220. The van der Waals surface area contributed by atoms with Crippen LogP contribution in [0.4, 0.5) is 10.5 Å². The highest BCUT2D eigenvalue weighted by atomic mass is 16.5. The number of aromatic nitrogens is 1. The van der Waals surface area contributed by atoms with Crippen LogP contribution in [0.5, 0.6) is 5.75 Å². The highest BCUT2D eigenvalue weighted by molar-refractivity contribution is 5.89. The van der Waals surface area contributed by atoms with Gasteiger partial charge in [-0.15, -0.1) is 0 Å². The Labute approximate surface area is 200 Å². The monoisotopic (exact) mass is 462 g/mol. The molecule has 1 atom stereocenters. The fourth-order valence-electron chi connectivity index (χ4n) is 4.91. The summed E-state index contributed by atoms with van der Waals surface area (Å²) in [6.45, 7) is 9.03. The van der Waals surface area contributed by atoms with Crippen molar-refractivity contribution in [2.75, 3.05) is 32.1 Å². The Hall–Kier alpha value is -3.32. The molecule has 4 rings (SSSR count). The van der Waals surface area contributed by atoms with Crippen LogP contribution in [0.1, 0.15) is 36.5 Å². The summed E-state index contributed by atoms with van der Waals surface area (Å²) in [5.74, 6) is 0.729. The summed E-state index contributed by atoms with van der Waals surface area (Å²) in [6.07, 6.45) is 2.17. The molecule has 7 heteroatoms. The summed E-state index contributed by atoms with van der Waals surface area (Å²) < 4.78 is 5.21. The first-order valence-corrected chi connectivity index (χ1v) is 11.9. The maximum Gasteiger partial charge on any atom is 0.322 e. The first kappa shape index (κ1) is 23.8. The SMILES string of the molecule is CCN1CCCC1CN(Cc1cc2c(C)cc(C)cc2[nH]c1=O)C(=O)Nc1ccc(OC)cc1. The minimum absolute atomic E-state index is 0.154. The van der Waals surface area contributed by atoms with Gasteiger partial charge in [-0.2, -0.15) is 0 Å². The van der Waals surface area contributed by atoms with E-state index in [1.54, 1.807) is 12.0 Å². The molecule has 3 aromatic rings. The molecule has 1 aliphatic rings. The molecule has 7 nitrogen and oxygen atoms in total. The van der Waals surface area contributed by atoms with Gasteiger partial charge in [0.05, 0.1) is 13.7 Å². The average molecular weight is 463 g/mol. The molecule has 0 bridgehead atoms. The van der Waals surface area contributed by atoms with E-state index in [2.05, 4.69) is 28.2 Å². The lowest BCUT2D eigenvalue weighted by Crippen LogP contribution is -2.45. The highest BCUT2D eigenvalue weighted by Crippen LogP contribution is 2.22. The molecular weight excluding hydrogens is 428 g/mol. The van der Waals surface area contributed by atoms with Gasteiger partial charge in [-0.3, -0.25) is 9.69 Å². The molecule has 1 fully saturated rings. The van der Waals surface area contributed by atoms with Gasteiger partial charge in [-0.1, -0.05) is 13.0 Å². The molecular formula is C27H34N4O3. The Balaban J connectivity index is 1.62. The van der Waals surface area contributed by atoms with E-state index in [4.69, 9.17) is 4.74 Å². The van der Waals surface area contributed by atoms with Crippen LogP contribution in [0.15, 0.2) is 47.3 Å². The molecule has 0 aliphatic carbocycles. The standard InChI is InChI=1S/C27H34N4O3/c1-5-30-12-6-7-22(30)17-31(27(33)28-21-8-10-23(34-4)11-9-21)16-20-15-24-19(3)13-18(2)14-25(24)29-26(20)32/h8-11,13-15,22H,5-7,12,16-17H2,1-4H3,(H,28,33)(H,29,32). The molecule has 34 heavy (non-hydrogen) atoms. The van der Waals surface area contributed by atoms with Crippen LogP contribution in [0.3, 0.4) is 0 Å². The van der Waals surface area contributed by atoms with Gasteiger partial charge in [0.25, 0.3) is 5.56 Å². The lowest BCUT2D eigenvalue weighted by Gasteiger charge is -2.30. The number of likely N-dealkylation sites (N-methyl/N-ethyl adjacent to an activating group) is 1. The molecule has 1 unspecified atom stereocenters. The fraction of sp³-hybridized carbons (Fsp3) is 0.407. The van der Waals surface area contributed by atoms with Crippen LogP contribution < -0.4 is 15.6 Å². The third-order valence-corrected chi connectivity index (χ3v) is 6.72. The van der Waals surface area contributed by atoms with Gasteiger partial charge in [0.15, 0.2) is 0 Å². The molecule has 1 aromatic heterocycles. The minimum atomic E-state index is -0.215. The summed E-state index contributed by atoms with van der Waals surface area (Å²) >= 11 is 0. The number of fused-ring (bicyclic) bond motifs is 1. The summed E-state index contributed by atoms with van der Waals surface area (Å²) in [6, 6.07) is 13.4. The number of carbonyl (C=O) groups is 1. The second-order valence-corrected chi connectivity index (χ2v) is 9.13. The van der Waals surface area contributed by atoms with Crippen LogP contribution in [0.25, 0.3) is 10.9 Å². The number of hydrogen-bond acceptors (Lipinski definition) is 4. The van der Waals surface area contributed by atoms with Crippen molar-refractivity contribution >= 4 is 22.6 Å². The number of benzene rings is 2. The third-order valence-electron chi connectivity index (χ3n) is 6.72. The molecule has 180 valence electrons. The van der Waals surface area contributed by atoms with Gasteiger partial charge < -0.3 is 19.9 Å². The van der Waals surface area contributed by atoms with Crippen molar-refractivity contribution in [3.8, 4) is 5.75 Å². The number of H-pyrrole nitrogens is 1. The number of pyridine rings is 1. The number of nitrogens with zero attached hydrogens (tertiary/aromatic N) is 2. The second-order valence-electron chi connectivity index (χ2n) is 9.13. The summed E-state index contributed by atoms with van der Waals surface area (Å²) in [4.78, 5) is 33.6. The number of likely N-dealkylation sites (tertiary alicyclic amines) is 1. The van der Waals surface area contributed by atoms with Crippen LogP contribution in [0, 0.1) is 13.8 Å². The highest BCUT2D eigenvalue weighted by Gasteiger charge is 2.28. The molecule has 1 aliphatic heterocycles. The predicted molar refractivity (Wildman–Crippen MR) is 137 cm³/mol. The lowest BCUT2D eigenvalue weighted by molar-refractivity contribution is 0.174. The second kappa shape index (κ2) is 10.3. The molecule has 2 heterocycles. The first-order chi connectivity index (χ1) is 16.4. The van der Waals surface area contributed by atoms with E-state index in [0.29, 0.717) is 17.8 Å². The molecule has 0 saturated carbocycles. The Morgan fingerprint density at radius 2 is 1.97 bits per heavy atom. The normalized spacial score (nSPS) is 16.1. The number of carbonyl (C=O) groups excluding carboxylic acids is 1. The predicted octanol–water partition coefficient (Wildman–Crippen LogP) is 4.67. The summed E-state index contributed by atoms with van der Waals surface area (Å²) in [5.41, 5.74) is 4.16. The maximum absolute atomic E-state index is 13.4. The van der Waals surface area contributed by atoms with E-state index in [1.807, 2.05) is 50.2 Å². The van der Waals surface area contributed by atoms with E-state index in [-0.39, 0.29) is 24.2 Å². The topological polar surface area (TPSA) is 77.7 Å². The number of nitrogens with one attached hydrogen (secondary N) is 2. The number of aryl methyl sites for hydroxylation is 2. The van der Waals surface area contributed by atoms with Crippen molar-refractivity contribution in [2.45, 2.75) is 46.2 Å². The number of amides is 2. The quantitative estimate of drug-likeness (QED) is 0.535. The van der Waals surface area contributed by atoms with Crippen molar-refractivity contribution < 1.29 is 9.53 Å². The van der Waals surface area contributed by atoms with E-state index in [0.717, 1.165) is 53.7 Å². The van der Waals surface area contributed by atoms with E-state index in [1.165, 1.54) is 0 Å². The molecule has 0 radical (unpaired) electrons. The first-order valence-electron chi connectivity index (χ1n) is 11.9. The Morgan fingerprint density at radius 1 is 1.21 bits per heavy atom. The Kier molecular flexibility index (Phi) is 7.22. The lowest BCUT2D eigenvalue weighted by atomic mass is 10.0. The third kappa shape index (κ3) is 5.25. The van der Waals surface area contributed by atoms with Gasteiger partial charge in [-0.05, 0) is 87.3 Å². The average Bonchev–Trinajstić information content (AvgIpc) is 3.27. The van der Waals surface area contributed by atoms with Gasteiger partial charge in [0.1, 0.15) is 5.75 Å². The maximum atomic E-state index is 13.4. The zero-order valence-electron chi connectivity index (χ0n) is 20.5. The molecule has 1 saturated heterocycles. The Morgan fingerprint density at radius 3 is 2.68 bits per heavy atom. The van der Waals surface area contributed by atoms with Gasteiger partial charge in [-0.25, -0.2) is 4.79 Å². The van der Waals surface area contributed by atoms with Crippen LogP contribution in [-0.4, -0.2) is 53.6 Å². The van der Waals surface area contributed by atoms with Crippen molar-refractivity contribution in [1.82, 2.24) is 14.8 Å². The summed E-state index contributed by atoms with van der Waals surface area (Å²) in [5, 5.41) is 4.00. The smallest absolute Gasteiger partial charge is 0.322 e. The molecule has 0 spiro atoms. The van der Waals surface area contributed by atoms with E-state index < -0.39 is 0 Å². The largest absolute Gasteiger partial charge is 0.497 e. The van der Waals surface area contributed by atoms with Crippen molar-refractivity contribution in [3.63, 3.8) is 0 Å². The molecule has 2 aromatic carbocycles. The number of aromatic amines is 1.